The van der Waals surface area contributed by atoms with Crippen molar-refractivity contribution in [1.82, 2.24) is 9.97 Å². The number of nitrogens with one attached hydrogen (secondary N) is 1. The first-order chi connectivity index (χ1) is 11.2. The normalized spacial score (nSPS) is 10.7. The van der Waals surface area contributed by atoms with Crippen molar-refractivity contribution >= 4 is 23.4 Å². The fourth-order valence-electron chi connectivity index (χ4n) is 2.45. The highest BCUT2D eigenvalue weighted by Crippen LogP contribution is 2.22. The van der Waals surface area contributed by atoms with Crippen LogP contribution >= 0.6 is 11.6 Å². The van der Waals surface area contributed by atoms with Crippen LogP contribution < -0.4 is 11.1 Å². The van der Waals surface area contributed by atoms with Crippen molar-refractivity contribution in [1.29, 1.82) is 0 Å². The molecule has 124 valence electrons. The van der Waals surface area contributed by atoms with Crippen molar-refractivity contribution in [3.8, 4) is 11.3 Å². The molecule has 4 nitrogen and oxygen atoms in total. The van der Waals surface area contributed by atoms with E-state index in [-0.39, 0.29) is 5.95 Å². The predicted molar refractivity (Wildman–Crippen MR) is 98.8 cm³/mol. The third kappa shape index (κ3) is 6.06. The number of rotatable bonds is 9. The lowest BCUT2D eigenvalue weighted by molar-refractivity contribution is 0.617. The first-order valence-electron chi connectivity index (χ1n) is 8.33. The Morgan fingerprint density at radius 1 is 1.00 bits per heavy atom. The second kappa shape index (κ2) is 9.36. The Kier molecular flexibility index (Phi) is 7.14. The van der Waals surface area contributed by atoms with E-state index in [1.165, 1.54) is 32.1 Å². The summed E-state index contributed by atoms with van der Waals surface area (Å²) >= 11 is 5.92. The Labute approximate surface area is 143 Å². The third-order valence-electron chi connectivity index (χ3n) is 3.72. The summed E-state index contributed by atoms with van der Waals surface area (Å²) in [5, 5.41) is 4.05. The number of halogens is 1. The number of unbranched alkanes of at least 4 members (excludes halogenated alkanes) is 5. The van der Waals surface area contributed by atoms with Gasteiger partial charge in [0.05, 0.1) is 5.69 Å². The number of hydrogen-bond acceptors (Lipinski definition) is 4. The number of nitrogens with zero attached hydrogens (tertiary/aromatic N) is 2. The van der Waals surface area contributed by atoms with Gasteiger partial charge in [0.15, 0.2) is 0 Å². The molecule has 2 rings (SSSR count). The molecule has 0 aliphatic carbocycles. The molecule has 5 heteroatoms. The quantitative estimate of drug-likeness (QED) is 0.623. The number of hydrogen-bond donors (Lipinski definition) is 2. The molecular weight excluding hydrogens is 308 g/mol. The summed E-state index contributed by atoms with van der Waals surface area (Å²) in [5.74, 6) is 1.05. The van der Waals surface area contributed by atoms with Crippen LogP contribution in [-0.4, -0.2) is 16.5 Å². The maximum Gasteiger partial charge on any atom is 0.222 e. The lowest BCUT2D eigenvalue weighted by Crippen LogP contribution is -2.06. The molecule has 0 aliphatic rings. The molecule has 0 aliphatic heterocycles. The van der Waals surface area contributed by atoms with Crippen molar-refractivity contribution in [3.05, 3.63) is 35.4 Å². The zero-order valence-corrected chi connectivity index (χ0v) is 14.4. The lowest BCUT2D eigenvalue weighted by Gasteiger charge is -2.09. The van der Waals surface area contributed by atoms with Crippen molar-refractivity contribution in [2.45, 2.75) is 45.4 Å². The minimum absolute atomic E-state index is 0.280. The first-order valence-corrected chi connectivity index (χ1v) is 8.71. The molecule has 1 aromatic carbocycles. The number of nitrogens with two attached hydrogens (primary N) is 1. The molecule has 0 saturated carbocycles. The maximum absolute atomic E-state index is 5.92. The first kappa shape index (κ1) is 17.5. The van der Waals surface area contributed by atoms with Crippen LogP contribution in [0.4, 0.5) is 11.8 Å². The summed E-state index contributed by atoms with van der Waals surface area (Å²) in [7, 11) is 0. The van der Waals surface area contributed by atoms with Gasteiger partial charge in [-0.05, 0) is 18.6 Å². The Morgan fingerprint density at radius 2 is 1.70 bits per heavy atom. The van der Waals surface area contributed by atoms with Gasteiger partial charge in [-0.2, -0.15) is 4.98 Å². The largest absolute Gasteiger partial charge is 0.370 e. The molecule has 1 aromatic heterocycles. The topological polar surface area (TPSA) is 63.8 Å². The SMILES string of the molecule is CCCCCCCCNc1cc(-c2ccc(Cl)cc2)nc(N)n1. The van der Waals surface area contributed by atoms with Gasteiger partial charge in [0.2, 0.25) is 5.95 Å². The zero-order chi connectivity index (χ0) is 16.5. The second-order valence-electron chi connectivity index (χ2n) is 5.70. The van der Waals surface area contributed by atoms with Crippen LogP contribution in [0.1, 0.15) is 45.4 Å². The van der Waals surface area contributed by atoms with E-state index in [1.807, 2.05) is 30.3 Å². The van der Waals surface area contributed by atoms with Gasteiger partial charge < -0.3 is 11.1 Å². The second-order valence-corrected chi connectivity index (χ2v) is 6.13. The average molecular weight is 333 g/mol. The molecule has 0 fully saturated rings. The number of anilines is 2. The number of aromatic nitrogens is 2. The highest BCUT2D eigenvalue weighted by atomic mass is 35.5. The summed E-state index contributed by atoms with van der Waals surface area (Å²) in [4.78, 5) is 8.55. The maximum atomic E-state index is 5.92. The van der Waals surface area contributed by atoms with Gasteiger partial charge in [-0.1, -0.05) is 62.8 Å². The molecule has 1 heterocycles. The van der Waals surface area contributed by atoms with E-state index >= 15 is 0 Å². The molecule has 0 radical (unpaired) electrons. The van der Waals surface area contributed by atoms with Gasteiger partial charge >= 0.3 is 0 Å². The standard InChI is InChI=1S/C18H25ClN4/c1-2-3-4-5-6-7-12-21-17-13-16(22-18(20)23-17)14-8-10-15(19)11-9-14/h8-11,13H,2-7,12H2,1H3,(H3,20,21,22,23). The molecule has 0 unspecified atom stereocenters. The van der Waals surface area contributed by atoms with Crippen molar-refractivity contribution in [3.63, 3.8) is 0 Å². The predicted octanol–water partition coefficient (Wildman–Crippen LogP) is 5.15. The molecule has 0 saturated heterocycles. The van der Waals surface area contributed by atoms with Crippen LogP contribution in [0.3, 0.4) is 0 Å². The van der Waals surface area contributed by atoms with Gasteiger partial charge in [0.25, 0.3) is 0 Å². The minimum Gasteiger partial charge on any atom is -0.370 e. The molecule has 23 heavy (non-hydrogen) atoms. The average Bonchev–Trinajstić information content (AvgIpc) is 2.54. The van der Waals surface area contributed by atoms with E-state index in [0.717, 1.165) is 30.0 Å². The van der Waals surface area contributed by atoms with Crippen LogP contribution in [-0.2, 0) is 0 Å². The fraction of sp³-hybridized carbons (Fsp3) is 0.444. The van der Waals surface area contributed by atoms with E-state index < -0.39 is 0 Å². The van der Waals surface area contributed by atoms with Crippen LogP contribution in [0.25, 0.3) is 11.3 Å². The molecule has 0 bridgehead atoms. The lowest BCUT2D eigenvalue weighted by atomic mass is 10.1. The third-order valence-corrected chi connectivity index (χ3v) is 3.97. The van der Waals surface area contributed by atoms with Gasteiger partial charge in [0, 0.05) is 23.2 Å². The Balaban J connectivity index is 1.89. The molecular formula is C18H25ClN4. The Morgan fingerprint density at radius 3 is 2.43 bits per heavy atom. The van der Waals surface area contributed by atoms with Crippen LogP contribution in [0, 0.1) is 0 Å². The van der Waals surface area contributed by atoms with Crippen molar-refractivity contribution in [2.75, 3.05) is 17.6 Å². The zero-order valence-electron chi connectivity index (χ0n) is 13.7. The van der Waals surface area contributed by atoms with E-state index in [2.05, 4.69) is 22.2 Å². The molecule has 0 atom stereocenters. The molecule has 0 spiro atoms. The summed E-state index contributed by atoms with van der Waals surface area (Å²) in [5.41, 5.74) is 7.61. The highest BCUT2D eigenvalue weighted by Gasteiger charge is 2.05. The van der Waals surface area contributed by atoms with E-state index in [9.17, 15) is 0 Å². The van der Waals surface area contributed by atoms with Crippen LogP contribution in [0.2, 0.25) is 5.02 Å². The summed E-state index contributed by atoms with van der Waals surface area (Å²) in [6, 6.07) is 9.48. The van der Waals surface area contributed by atoms with E-state index in [4.69, 9.17) is 17.3 Å². The monoisotopic (exact) mass is 332 g/mol. The van der Waals surface area contributed by atoms with Crippen LogP contribution in [0.15, 0.2) is 30.3 Å². The van der Waals surface area contributed by atoms with Gasteiger partial charge in [0.1, 0.15) is 5.82 Å². The Bertz CT molecular complexity index is 598. The van der Waals surface area contributed by atoms with Crippen molar-refractivity contribution < 1.29 is 0 Å². The summed E-state index contributed by atoms with van der Waals surface area (Å²) < 4.78 is 0. The molecule has 3 N–H and O–H groups in total. The van der Waals surface area contributed by atoms with Crippen LogP contribution in [0.5, 0.6) is 0 Å². The number of benzene rings is 1. The van der Waals surface area contributed by atoms with E-state index in [1.54, 1.807) is 0 Å². The Hall–Kier alpha value is -1.81. The molecule has 0 amide bonds. The van der Waals surface area contributed by atoms with Gasteiger partial charge in [-0.15, -0.1) is 0 Å². The summed E-state index contributed by atoms with van der Waals surface area (Å²) in [6.07, 6.45) is 7.64. The summed E-state index contributed by atoms with van der Waals surface area (Å²) in [6.45, 7) is 3.14. The van der Waals surface area contributed by atoms with E-state index in [0.29, 0.717) is 5.02 Å². The smallest absolute Gasteiger partial charge is 0.222 e. The van der Waals surface area contributed by atoms with Gasteiger partial charge in [-0.3, -0.25) is 0 Å². The fourth-order valence-corrected chi connectivity index (χ4v) is 2.57. The van der Waals surface area contributed by atoms with Crippen molar-refractivity contribution in [2.24, 2.45) is 0 Å². The molecule has 2 aromatic rings. The van der Waals surface area contributed by atoms with Gasteiger partial charge in [-0.25, -0.2) is 4.98 Å². The highest BCUT2D eigenvalue weighted by molar-refractivity contribution is 6.30. The number of nitrogen functional groups attached to an aromatic ring is 1. The minimum atomic E-state index is 0.280.